The molecule has 6 nitrogen and oxygen atoms in total. The van der Waals surface area contributed by atoms with E-state index in [0.717, 1.165) is 19.3 Å². The third kappa shape index (κ3) is 9.02. The summed E-state index contributed by atoms with van der Waals surface area (Å²) in [5.74, 6) is -0.915. The molecule has 0 amide bonds. The molecule has 0 bridgehead atoms. The van der Waals surface area contributed by atoms with Gasteiger partial charge in [-0.3, -0.25) is 4.79 Å². The van der Waals surface area contributed by atoms with Gasteiger partial charge in [-0.05, 0) is 44.9 Å². The van der Waals surface area contributed by atoms with Gasteiger partial charge in [0.2, 0.25) is 0 Å². The molecule has 0 heterocycles. The number of carboxylic acids is 1. The first kappa shape index (κ1) is 23.8. The van der Waals surface area contributed by atoms with E-state index in [4.69, 9.17) is 5.11 Å². The zero-order valence-corrected chi connectivity index (χ0v) is 16.7. The van der Waals surface area contributed by atoms with Gasteiger partial charge in [-0.15, -0.1) is 0 Å². The van der Waals surface area contributed by atoms with E-state index in [9.17, 15) is 20.2 Å². The molecule has 0 spiro atoms. The van der Waals surface area contributed by atoms with E-state index in [1.807, 2.05) is 18.2 Å². The summed E-state index contributed by atoms with van der Waals surface area (Å²) in [7, 11) is 0. The van der Waals surface area contributed by atoms with Crippen molar-refractivity contribution in [1.82, 2.24) is 5.48 Å². The molecule has 5 unspecified atom stereocenters. The van der Waals surface area contributed by atoms with Crippen molar-refractivity contribution >= 4 is 5.97 Å². The molecule has 1 aliphatic carbocycles. The van der Waals surface area contributed by atoms with Crippen molar-refractivity contribution in [2.45, 2.75) is 89.4 Å². The monoisotopic (exact) mass is 383 g/mol. The number of unbranched alkanes of at least 4 members (excludes halogenated alkanes) is 3. The van der Waals surface area contributed by atoms with E-state index < -0.39 is 17.7 Å². The number of rotatable bonds is 13. The van der Waals surface area contributed by atoms with Gasteiger partial charge in [-0.2, -0.15) is 0 Å². The molecular formula is C21H37NO5. The lowest BCUT2D eigenvalue weighted by molar-refractivity contribution is -0.137. The number of aliphatic hydroxyl groups excluding tert-OH is 1. The maximum atomic E-state index is 10.5. The van der Waals surface area contributed by atoms with Crippen molar-refractivity contribution in [3.05, 3.63) is 24.3 Å². The molecule has 1 fully saturated rings. The number of carbonyl (C=O) groups is 1. The Morgan fingerprint density at radius 3 is 2.63 bits per heavy atom. The predicted molar refractivity (Wildman–Crippen MR) is 105 cm³/mol. The minimum atomic E-state index is -0.889. The van der Waals surface area contributed by atoms with Gasteiger partial charge in [0.25, 0.3) is 0 Å². The summed E-state index contributed by atoms with van der Waals surface area (Å²) in [5.41, 5.74) is 1.41. The highest BCUT2D eigenvalue weighted by Gasteiger charge is 2.40. The third-order valence-electron chi connectivity index (χ3n) is 5.41. The first-order chi connectivity index (χ1) is 12.8. The fourth-order valence-corrected chi connectivity index (χ4v) is 3.75. The lowest BCUT2D eigenvalue weighted by Crippen LogP contribution is -2.31. The van der Waals surface area contributed by atoms with Crippen molar-refractivity contribution in [1.29, 1.82) is 0 Å². The van der Waals surface area contributed by atoms with Gasteiger partial charge in [0.05, 0.1) is 11.7 Å². The summed E-state index contributed by atoms with van der Waals surface area (Å²) in [6, 6.07) is -0.242. The summed E-state index contributed by atoms with van der Waals surface area (Å²) in [4.78, 5) is 10.5. The lowest BCUT2D eigenvalue weighted by Gasteiger charge is -2.24. The summed E-state index contributed by atoms with van der Waals surface area (Å²) >= 11 is 0. The van der Waals surface area contributed by atoms with Crippen LogP contribution in [0.3, 0.4) is 0 Å². The SMILES string of the molecule is CCCCCC(C)(O)C=CC1C(NO)CC(O)C1CC=CCCCC(=O)O. The van der Waals surface area contributed by atoms with Crippen LogP contribution in [0.25, 0.3) is 0 Å². The van der Waals surface area contributed by atoms with Gasteiger partial charge >= 0.3 is 5.97 Å². The van der Waals surface area contributed by atoms with Crippen LogP contribution in [0.2, 0.25) is 0 Å². The first-order valence-corrected chi connectivity index (χ1v) is 10.2. The van der Waals surface area contributed by atoms with E-state index in [1.54, 1.807) is 13.0 Å². The fourth-order valence-electron chi connectivity index (χ4n) is 3.75. The molecule has 0 aliphatic heterocycles. The second-order valence-corrected chi connectivity index (χ2v) is 7.95. The van der Waals surface area contributed by atoms with Crippen LogP contribution in [0.4, 0.5) is 0 Å². The molecule has 0 aromatic rings. The van der Waals surface area contributed by atoms with E-state index in [2.05, 4.69) is 12.4 Å². The van der Waals surface area contributed by atoms with Crippen LogP contribution >= 0.6 is 0 Å². The number of hydrogen-bond donors (Lipinski definition) is 5. The number of allylic oxidation sites excluding steroid dienone is 2. The van der Waals surface area contributed by atoms with Gasteiger partial charge in [-0.1, -0.05) is 50.5 Å². The molecule has 0 aromatic heterocycles. The number of carboxylic acid groups (broad SMARTS) is 1. The lowest BCUT2D eigenvalue weighted by atomic mass is 9.87. The number of nitrogens with one attached hydrogen (secondary N) is 1. The van der Waals surface area contributed by atoms with Crippen LogP contribution in [0.5, 0.6) is 0 Å². The molecule has 27 heavy (non-hydrogen) atoms. The van der Waals surface area contributed by atoms with Gasteiger partial charge in [0.1, 0.15) is 0 Å². The second kappa shape index (κ2) is 12.3. The van der Waals surface area contributed by atoms with Gasteiger partial charge in [-0.25, -0.2) is 5.48 Å². The van der Waals surface area contributed by atoms with E-state index in [1.165, 1.54) is 0 Å². The zero-order valence-electron chi connectivity index (χ0n) is 16.7. The highest BCUT2D eigenvalue weighted by molar-refractivity contribution is 5.66. The Labute approximate surface area is 162 Å². The third-order valence-corrected chi connectivity index (χ3v) is 5.41. The predicted octanol–water partition coefficient (Wildman–Crippen LogP) is 3.42. The maximum Gasteiger partial charge on any atom is 0.303 e. The summed E-state index contributed by atoms with van der Waals surface area (Å²) in [6.45, 7) is 3.92. The topological polar surface area (TPSA) is 110 Å². The molecule has 1 saturated carbocycles. The highest BCUT2D eigenvalue weighted by Crippen LogP contribution is 2.36. The zero-order chi connectivity index (χ0) is 20.3. The standard InChI is InChI=1S/C21H37NO5/c1-3-4-9-13-21(2,26)14-12-16-17(19(23)15-18(16)22-27)10-7-5-6-8-11-20(24)25/h5,7,12,14,16-19,22-23,26-27H,3-4,6,8-11,13,15H2,1-2H3,(H,24,25). The van der Waals surface area contributed by atoms with Crippen molar-refractivity contribution in [2.75, 3.05) is 0 Å². The summed E-state index contributed by atoms with van der Waals surface area (Å²) in [6.07, 6.45) is 13.6. The van der Waals surface area contributed by atoms with E-state index in [0.29, 0.717) is 32.1 Å². The summed E-state index contributed by atoms with van der Waals surface area (Å²) < 4.78 is 0. The Morgan fingerprint density at radius 2 is 2.00 bits per heavy atom. The molecule has 0 saturated heterocycles. The number of hydroxylamine groups is 1. The van der Waals surface area contributed by atoms with Crippen LogP contribution in [-0.2, 0) is 4.79 Å². The number of aliphatic carboxylic acids is 1. The minimum absolute atomic E-state index is 0.0481. The molecular weight excluding hydrogens is 346 g/mol. The molecule has 5 atom stereocenters. The number of hydrogen-bond acceptors (Lipinski definition) is 5. The molecule has 0 radical (unpaired) electrons. The maximum absolute atomic E-state index is 10.5. The second-order valence-electron chi connectivity index (χ2n) is 7.95. The fraction of sp³-hybridized carbons (Fsp3) is 0.762. The molecule has 1 aliphatic rings. The van der Waals surface area contributed by atoms with E-state index in [-0.39, 0.29) is 24.3 Å². The molecule has 5 N–H and O–H groups in total. The quantitative estimate of drug-likeness (QED) is 0.189. The van der Waals surface area contributed by atoms with Crippen molar-refractivity contribution < 1.29 is 25.3 Å². The average molecular weight is 384 g/mol. The highest BCUT2D eigenvalue weighted by atomic mass is 16.5. The molecule has 156 valence electrons. The largest absolute Gasteiger partial charge is 0.481 e. The Balaban J connectivity index is 2.64. The van der Waals surface area contributed by atoms with Gasteiger partial charge in [0.15, 0.2) is 0 Å². The molecule has 6 heteroatoms. The Morgan fingerprint density at radius 1 is 1.26 bits per heavy atom. The minimum Gasteiger partial charge on any atom is -0.481 e. The van der Waals surface area contributed by atoms with Crippen LogP contribution in [0.15, 0.2) is 24.3 Å². The van der Waals surface area contributed by atoms with Crippen molar-refractivity contribution in [3.8, 4) is 0 Å². The van der Waals surface area contributed by atoms with E-state index >= 15 is 0 Å². The van der Waals surface area contributed by atoms with Crippen molar-refractivity contribution in [2.24, 2.45) is 11.8 Å². The number of aliphatic hydroxyl groups is 2. The Kier molecular flexibility index (Phi) is 10.8. The van der Waals surface area contributed by atoms with Crippen LogP contribution in [0, 0.1) is 11.8 Å². The van der Waals surface area contributed by atoms with Crippen molar-refractivity contribution in [3.63, 3.8) is 0 Å². The molecule has 1 rings (SSSR count). The average Bonchev–Trinajstić information content (AvgIpc) is 2.91. The first-order valence-electron chi connectivity index (χ1n) is 10.2. The molecule has 0 aromatic carbocycles. The Bertz CT molecular complexity index is 489. The van der Waals surface area contributed by atoms with Gasteiger partial charge < -0.3 is 20.5 Å². The van der Waals surface area contributed by atoms with Crippen LogP contribution in [-0.4, -0.2) is 44.2 Å². The van der Waals surface area contributed by atoms with Crippen LogP contribution < -0.4 is 5.48 Å². The van der Waals surface area contributed by atoms with Crippen LogP contribution in [0.1, 0.15) is 71.6 Å². The smallest absolute Gasteiger partial charge is 0.303 e. The normalized spacial score (nSPS) is 28.2. The Hall–Kier alpha value is -1.21. The van der Waals surface area contributed by atoms with Gasteiger partial charge in [0, 0.05) is 18.4 Å². The summed E-state index contributed by atoms with van der Waals surface area (Å²) in [5, 5.41) is 39.0.